The molecule has 1 heterocycles. The molecule has 2 amide bonds. The highest BCUT2D eigenvalue weighted by molar-refractivity contribution is 6.31. The minimum atomic E-state index is -0.244. The van der Waals surface area contributed by atoms with Crippen molar-refractivity contribution in [2.24, 2.45) is 5.41 Å². The average molecular weight is 389 g/mol. The lowest BCUT2D eigenvalue weighted by Crippen LogP contribution is -2.47. The Kier molecular flexibility index (Phi) is 6.24. The van der Waals surface area contributed by atoms with Gasteiger partial charge < -0.3 is 20.1 Å². The normalized spacial score (nSPS) is 16.0. The number of piperidine rings is 1. The number of hydrogen-bond acceptors (Lipinski definition) is 3. The number of amides is 2. The van der Waals surface area contributed by atoms with Crippen LogP contribution in [0.3, 0.4) is 0 Å². The number of likely N-dealkylation sites (tertiary alicyclic amines) is 1. The number of anilines is 1. The van der Waals surface area contributed by atoms with Gasteiger partial charge in [-0.2, -0.15) is 0 Å². The van der Waals surface area contributed by atoms with Gasteiger partial charge in [-0.25, -0.2) is 4.79 Å². The summed E-state index contributed by atoms with van der Waals surface area (Å²) in [4.78, 5) is 14.4. The second-order valence-corrected chi connectivity index (χ2v) is 7.45. The summed E-state index contributed by atoms with van der Waals surface area (Å²) < 4.78 is 5.28. The van der Waals surface area contributed by atoms with Crippen molar-refractivity contribution < 1.29 is 14.6 Å². The lowest BCUT2D eigenvalue weighted by Gasteiger charge is -2.41. The molecule has 2 N–H and O–H groups in total. The fourth-order valence-corrected chi connectivity index (χ4v) is 3.77. The molecule has 0 bridgehead atoms. The summed E-state index contributed by atoms with van der Waals surface area (Å²) in [5, 5.41) is 13.7. The van der Waals surface area contributed by atoms with E-state index < -0.39 is 0 Å². The number of aliphatic hydroxyl groups excluding tert-OH is 1. The first-order chi connectivity index (χ1) is 13.1. The molecule has 2 aromatic carbocycles. The highest BCUT2D eigenvalue weighted by Gasteiger charge is 2.36. The zero-order chi connectivity index (χ0) is 19.3. The minimum Gasteiger partial charge on any atom is -0.495 e. The van der Waals surface area contributed by atoms with E-state index in [1.165, 1.54) is 0 Å². The van der Waals surface area contributed by atoms with Gasteiger partial charge in [-0.05, 0) is 43.0 Å². The Morgan fingerprint density at radius 2 is 1.85 bits per heavy atom. The Labute approximate surface area is 164 Å². The van der Waals surface area contributed by atoms with E-state index in [4.69, 9.17) is 16.3 Å². The van der Waals surface area contributed by atoms with Crippen LogP contribution in [0.4, 0.5) is 10.5 Å². The molecule has 27 heavy (non-hydrogen) atoms. The summed E-state index contributed by atoms with van der Waals surface area (Å²) >= 11 is 6.29. The van der Waals surface area contributed by atoms with Crippen LogP contribution >= 0.6 is 11.6 Å². The molecule has 6 heteroatoms. The second-order valence-electron chi connectivity index (χ2n) is 7.04. The molecular formula is C21H25ClN2O3. The van der Waals surface area contributed by atoms with Gasteiger partial charge >= 0.3 is 6.03 Å². The van der Waals surface area contributed by atoms with E-state index in [1.807, 2.05) is 48.5 Å². The number of methoxy groups -OCH3 is 1. The van der Waals surface area contributed by atoms with Gasteiger partial charge in [-0.1, -0.05) is 41.9 Å². The predicted molar refractivity (Wildman–Crippen MR) is 107 cm³/mol. The van der Waals surface area contributed by atoms with Gasteiger partial charge in [0.15, 0.2) is 0 Å². The van der Waals surface area contributed by atoms with Crippen molar-refractivity contribution in [3.63, 3.8) is 0 Å². The maximum absolute atomic E-state index is 12.6. The predicted octanol–water partition coefficient (Wildman–Crippen LogP) is 4.20. The monoisotopic (exact) mass is 388 g/mol. The van der Waals surface area contributed by atoms with Crippen LogP contribution < -0.4 is 10.1 Å². The first-order valence-electron chi connectivity index (χ1n) is 9.10. The standard InChI is InChI=1S/C21H25ClN2O3/c1-27-19-9-5-4-8-18(19)23-20(26)24-12-10-21(15-25,11-13-24)14-16-6-2-3-7-17(16)22/h2-9,25H,10-15H2,1H3,(H,23,26). The molecule has 5 nitrogen and oxygen atoms in total. The summed E-state index contributed by atoms with van der Waals surface area (Å²) in [7, 11) is 1.58. The molecule has 0 unspecified atom stereocenters. The summed E-state index contributed by atoms with van der Waals surface area (Å²) in [6.07, 6.45) is 2.17. The van der Waals surface area contributed by atoms with Gasteiger partial charge in [0.2, 0.25) is 0 Å². The highest BCUT2D eigenvalue weighted by Crippen LogP contribution is 2.36. The number of nitrogens with zero attached hydrogens (tertiary/aromatic N) is 1. The molecule has 2 aromatic rings. The molecule has 1 fully saturated rings. The second kappa shape index (κ2) is 8.63. The largest absolute Gasteiger partial charge is 0.495 e. The lowest BCUT2D eigenvalue weighted by molar-refractivity contribution is 0.0575. The molecular weight excluding hydrogens is 364 g/mol. The van der Waals surface area contributed by atoms with Crippen LogP contribution in [-0.4, -0.2) is 42.8 Å². The first kappa shape index (κ1) is 19.5. The van der Waals surface area contributed by atoms with Crippen molar-refractivity contribution in [1.29, 1.82) is 0 Å². The molecule has 1 aliphatic rings. The number of carbonyl (C=O) groups is 1. The van der Waals surface area contributed by atoms with E-state index in [9.17, 15) is 9.90 Å². The van der Waals surface area contributed by atoms with Crippen LogP contribution in [0, 0.1) is 5.41 Å². The number of rotatable bonds is 5. The molecule has 0 spiro atoms. The van der Waals surface area contributed by atoms with Gasteiger partial charge in [-0.3, -0.25) is 0 Å². The van der Waals surface area contributed by atoms with Crippen molar-refractivity contribution in [2.45, 2.75) is 19.3 Å². The maximum Gasteiger partial charge on any atom is 0.321 e. The molecule has 0 aliphatic carbocycles. The van der Waals surface area contributed by atoms with Gasteiger partial charge in [0.25, 0.3) is 0 Å². The summed E-state index contributed by atoms with van der Waals surface area (Å²) in [5.74, 6) is 0.631. The van der Waals surface area contributed by atoms with Gasteiger partial charge in [-0.15, -0.1) is 0 Å². The Morgan fingerprint density at radius 3 is 2.52 bits per heavy atom. The van der Waals surface area contributed by atoms with Crippen LogP contribution in [0.1, 0.15) is 18.4 Å². The quantitative estimate of drug-likeness (QED) is 0.807. The van der Waals surface area contributed by atoms with Crippen LogP contribution in [0.25, 0.3) is 0 Å². The van der Waals surface area contributed by atoms with Gasteiger partial charge in [0, 0.05) is 30.1 Å². The van der Waals surface area contributed by atoms with E-state index in [0.717, 1.165) is 23.4 Å². The molecule has 3 rings (SSSR count). The summed E-state index contributed by atoms with van der Waals surface area (Å²) in [6, 6.07) is 14.9. The molecule has 144 valence electrons. The van der Waals surface area contributed by atoms with Crippen LogP contribution in [0.5, 0.6) is 5.75 Å². The number of carbonyl (C=O) groups excluding carboxylic acids is 1. The molecule has 1 saturated heterocycles. The molecule has 0 aromatic heterocycles. The lowest BCUT2D eigenvalue weighted by atomic mass is 9.74. The Morgan fingerprint density at radius 1 is 1.19 bits per heavy atom. The zero-order valence-corrected chi connectivity index (χ0v) is 16.2. The minimum absolute atomic E-state index is 0.0835. The summed E-state index contributed by atoms with van der Waals surface area (Å²) in [6.45, 7) is 1.26. The topological polar surface area (TPSA) is 61.8 Å². The highest BCUT2D eigenvalue weighted by atomic mass is 35.5. The van der Waals surface area contributed by atoms with Gasteiger partial charge in [0.05, 0.1) is 12.8 Å². The SMILES string of the molecule is COc1ccccc1NC(=O)N1CCC(CO)(Cc2ccccc2Cl)CC1. The Balaban J connectivity index is 1.63. The fraction of sp³-hybridized carbons (Fsp3) is 0.381. The number of para-hydroxylation sites is 2. The third-order valence-corrected chi connectivity index (χ3v) is 5.69. The van der Waals surface area contributed by atoms with E-state index >= 15 is 0 Å². The van der Waals surface area contributed by atoms with E-state index in [0.29, 0.717) is 30.9 Å². The number of hydrogen-bond donors (Lipinski definition) is 2. The Hall–Kier alpha value is -2.24. The molecule has 1 aliphatic heterocycles. The van der Waals surface area contributed by atoms with Crippen molar-refractivity contribution in [1.82, 2.24) is 4.90 Å². The molecule has 0 saturated carbocycles. The smallest absolute Gasteiger partial charge is 0.321 e. The fourth-order valence-electron chi connectivity index (χ4n) is 3.56. The van der Waals surface area contributed by atoms with E-state index in [-0.39, 0.29) is 18.1 Å². The molecule has 0 atom stereocenters. The van der Waals surface area contributed by atoms with Crippen molar-refractivity contribution >= 4 is 23.3 Å². The number of benzene rings is 2. The number of aliphatic hydroxyl groups is 1. The van der Waals surface area contributed by atoms with Crippen molar-refractivity contribution in [2.75, 3.05) is 32.1 Å². The van der Waals surface area contributed by atoms with Crippen LogP contribution in [-0.2, 0) is 6.42 Å². The van der Waals surface area contributed by atoms with Gasteiger partial charge in [0.1, 0.15) is 5.75 Å². The van der Waals surface area contributed by atoms with Crippen molar-refractivity contribution in [3.8, 4) is 5.75 Å². The third kappa shape index (κ3) is 4.54. The third-order valence-electron chi connectivity index (χ3n) is 5.32. The summed E-state index contributed by atoms with van der Waals surface area (Å²) in [5.41, 5.74) is 1.45. The zero-order valence-electron chi connectivity index (χ0n) is 15.5. The first-order valence-corrected chi connectivity index (χ1v) is 9.48. The molecule has 0 radical (unpaired) electrons. The number of urea groups is 1. The van der Waals surface area contributed by atoms with E-state index in [2.05, 4.69) is 5.32 Å². The Bertz CT molecular complexity index is 789. The number of nitrogens with one attached hydrogen (secondary N) is 1. The van der Waals surface area contributed by atoms with E-state index in [1.54, 1.807) is 12.0 Å². The maximum atomic E-state index is 12.6. The van der Waals surface area contributed by atoms with Crippen LogP contribution in [0.15, 0.2) is 48.5 Å². The average Bonchev–Trinajstić information content (AvgIpc) is 2.70. The number of ether oxygens (including phenoxy) is 1. The number of halogens is 1. The van der Waals surface area contributed by atoms with Crippen molar-refractivity contribution in [3.05, 3.63) is 59.1 Å². The van der Waals surface area contributed by atoms with Crippen LogP contribution in [0.2, 0.25) is 5.02 Å².